The maximum absolute atomic E-state index is 13.4. The molecule has 5 heteroatoms. The molecule has 0 unspecified atom stereocenters. The largest absolute Gasteiger partial charge is 0.352 e. The van der Waals surface area contributed by atoms with E-state index >= 15 is 0 Å². The fraction of sp³-hybridized carbons (Fsp3) is 0.235. The summed E-state index contributed by atoms with van der Waals surface area (Å²) in [6.07, 6.45) is 0.349. The molecule has 0 saturated carbocycles. The molecular weight excluding hydrogens is 303 g/mol. The zero-order valence-corrected chi connectivity index (χ0v) is 12.9. The van der Waals surface area contributed by atoms with Crippen LogP contribution in [-0.4, -0.2) is 12.5 Å². The Morgan fingerprint density at radius 3 is 2.50 bits per heavy atom. The Labute approximate surface area is 134 Å². The number of halogens is 2. The van der Waals surface area contributed by atoms with Gasteiger partial charge in [0.1, 0.15) is 5.82 Å². The van der Waals surface area contributed by atoms with Crippen LogP contribution in [0.15, 0.2) is 48.5 Å². The highest BCUT2D eigenvalue weighted by Gasteiger charge is 2.04. The van der Waals surface area contributed by atoms with Crippen molar-refractivity contribution in [3.63, 3.8) is 0 Å². The first-order valence-electron chi connectivity index (χ1n) is 7.10. The van der Waals surface area contributed by atoms with Gasteiger partial charge in [0, 0.05) is 36.6 Å². The van der Waals surface area contributed by atoms with Crippen LogP contribution < -0.4 is 10.6 Å². The summed E-state index contributed by atoms with van der Waals surface area (Å²) in [5.74, 6) is -0.407. The molecule has 2 aromatic carbocycles. The minimum Gasteiger partial charge on any atom is -0.352 e. The Hall–Kier alpha value is -1.91. The number of amides is 1. The molecule has 0 fully saturated rings. The summed E-state index contributed by atoms with van der Waals surface area (Å²) in [5, 5.41) is 6.60. The third kappa shape index (κ3) is 5.47. The van der Waals surface area contributed by atoms with Crippen molar-refractivity contribution in [3.05, 3.63) is 70.5 Å². The topological polar surface area (TPSA) is 41.1 Å². The lowest BCUT2D eigenvalue weighted by molar-refractivity contribution is -0.121. The molecule has 3 nitrogen and oxygen atoms in total. The van der Waals surface area contributed by atoms with Gasteiger partial charge in [-0.15, -0.1) is 0 Å². The van der Waals surface area contributed by atoms with E-state index in [-0.39, 0.29) is 18.3 Å². The summed E-state index contributed by atoms with van der Waals surface area (Å²) in [6, 6.07) is 14.0. The van der Waals surface area contributed by atoms with E-state index in [1.807, 2.05) is 24.3 Å². The fourth-order valence-electron chi connectivity index (χ4n) is 1.96. The van der Waals surface area contributed by atoms with Gasteiger partial charge < -0.3 is 10.6 Å². The third-order valence-corrected chi connectivity index (χ3v) is 3.46. The van der Waals surface area contributed by atoms with Crippen molar-refractivity contribution >= 4 is 17.5 Å². The number of benzene rings is 2. The molecule has 0 atom stereocenters. The Balaban J connectivity index is 1.64. The number of hydrogen-bond acceptors (Lipinski definition) is 2. The van der Waals surface area contributed by atoms with Crippen molar-refractivity contribution in [2.45, 2.75) is 19.5 Å². The minimum absolute atomic E-state index is 0.105. The second kappa shape index (κ2) is 8.51. The van der Waals surface area contributed by atoms with Crippen molar-refractivity contribution in [2.24, 2.45) is 0 Å². The van der Waals surface area contributed by atoms with E-state index in [0.29, 0.717) is 30.1 Å². The van der Waals surface area contributed by atoms with Crippen LogP contribution in [-0.2, 0) is 17.9 Å². The van der Waals surface area contributed by atoms with Gasteiger partial charge in [-0.05, 0) is 23.8 Å². The molecule has 0 saturated heterocycles. The van der Waals surface area contributed by atoms with Crippen LogP contribution in [0, 0.1) is 5.82 Å². The van der Waals surface area contributed by atoms with E-state index < -0.39 is 0 Å². The van der Waals surface area contributed by atoms with Gasteiger partial charge in [-0.2, -0.15) is 0 Å². The highest BCUT2D eigenvalue weighted by atomic mass is 35.5. The molecule has 0 bridgehead atoms. The SMILES string of the molecule is O=C(CCNCc1ccc(Cl)cc1)NCc1ccccc1F. The van der Waals surface area contributed by atoms with Crippen LogP contribution in [0.1, 0.15) is 17.5 Å². The lowest BCUT2D eigenvalue weighted by Gasteiger charge is -2.07. The number of carbonyl (C=O) groups is 1. The van der Waals surface area contributed by atoms with Crippen LogP contribution in [0.5, 0.6) is 0 Å². The highest BCUT2D eigenvalue weighted by molar-refractivity contribution is 6.30. The average Bonchev–Trinajstić information content (AvgIpc) is 2.52. The molecule has 1 amide bonds. The minimum atomic E-state index is -0.302. The summed E-state index contributed by atoms with van der Waals surface area (Å²) < 4.78 is 13.4. The number of carbonyl (C=O) groups excluding carboxylic acids is 1. The lowest BCUT2D eigenvalue weighted by atomic mass is 10.2. The molecule has 0 radical (unpaired) electrons. The van der Waals surface area contributed by atoms with Crippen LogP contribution >= 0.6 is 11.6 Å². The third-order valence-electron chi connectivity index (χ3n) is 3.21. The van der Waals surface area contributed by atoms with Crippen molar-refractivity contribution in [1.29, 1.82) is 0 Å². The number of nitrogens with one attached hydrogen (secondary N) is 2. The summed E-state index contributed by atoms with van der Waals surface area (Å²) in [4.78, 5) is 11.7. The van der Waals surface area contributed by atoms with E-state index in [4.69, 9.17) is 11.6 Å². The van der Waals surface area contributed by atoms with Crippen LogP contribution in [0.2, 0.25) is 5.02 Å². The quantitative estimate of drug-likeness (QED) is 0.769. The molecule has 0 spiro atoms. The van der Waals surface area contributed by atoms with Gasteiger partial charge in [-0.3, -0.25) is 4.79 Å². The van der Waals surface area contributed by atoms with Crippen molar-refractivity contribution in [1.82, 2.24) is 10.6 Å². The van der Waals surface area contributed by atoms with Gasteiger partial charge in [-0.25, -0.2) is 4.39 Å². The normalized spacial score (nSPS) is 10.5. The summed E-state index contributed by atoms with van der Waals surface area (Å²) in [5.41, 5.74) is 1.60. The van der Waals surface area contributed by atoms with E-state index in [1.54, 1.807) is 18.2 Å². The van der Waals surface area contributed by atoms with E-state index in [2.05, 4.69) is 10.6 Å². The molecule has 2 N–H and O–H groups in total. The van der Waals surface area contributed by atoms with Gasteiger partial charge in [0.05, 0.1) is 0 Å². The van der Waals surface area contributed by atoms with Crippen molar-refractivity contribution in [3.8, 4) is 0 Å². The first-order chi connectivity index (χ1) is 10.6. The first kappa shape index (κ1) is 16.5. The molecule has 0 aliphatic heterocycles. The highest BCUT2D eigenvalue weighted by Crippen LogP contribution is 2.09. The Bertz CT molecular complexity index is 616. The monoisotopic (exact) mass is 320 g/mol. The second-order valence-corrected chi connectivity index (χ2v) is 5.36. The van der Waals surface area contributed by atoms with Crippen molar-refractivity contribution in [2.75, 3.05) is 6.54 Å². The number of hydrogen-bond donors (Lipinski definition) is 2. The molecule has 0 aliphatic carbocycles. The first-order valence-corrected chi connectivity index (χ1v) is 7.48. The van der Waals surface area contributed by atoms with Gasteiger partial charge in [0.25, 0.3) is 0 Å². The maximum Gasteiger partial charge on any atom is 0.221 e. The van der Waals surface area contributed by atoms with Crippen LogP contribution in [0.3, 0.4) is 0 Å². The van der Waals surface area contributed by atoms with Crippen LogP contribution in [0.4, 0.5) is 4.39 Å². The van der Waals surface area contributed by atoms with E-state index in [1.165, 1.54) is 6.07 Å². The zero-order chi connectivity index (χ0) is 15.8. The standard InChI is InChI=1S/C17H18ClFN2O/c18-15-7-5-13(6-8-15)11-20-10-9-17(22)21-12-14-3-1-2-4-16(14)19/h1-8,20H,9-12H2,(H,21,22). The van der Waals surface area contributed by atoms with E-state index in [0.717, 1.165) is 5.56 Å². The van der Waals surface area contributed by atoms with E-state index in [9.17, 15) is 9.18 Å². The molecule has 116 valence electrons. The molecule has 0 aliphatic rings. The van der Waals surface area contributed by atoms with Crippen LogP contribution in [0.25, 0.3) is 0 Å². The van der Waals surface area contributed by atoms with Gasteiger partial charge in [-0.1, -0.05) is 41.9 Å². The van der Waals surface area contributed by atoms with Gasteiger partial charge in [0.15, 0.2) is 0 Å². The summed E-state index contributed by atoms with van der Waals surface area (Å²) >= 11 is 5.81. The molecule has 0 aromatic heterocycles. The molecule has 22 heavy (non-hydrogen) atoms. The number of rotatable bonds is 7. The molecule has 0 heterocycles. The zero-order valence-electron chi connectivity index (χ0n) is 12.1. The predicted molar refractivity (Wildman–Crippen MR) is 86.0 cm³/mol. The molecular formula is C17H18ClFN2O. The second-order valence-electron chi connectivity index (χ2n) is 4.92. The smallest absolute Gasteiger partial charge is 0.221 e. The van der Waals surface area contributed by atoms with Gasteiger partial charge >= 0.3 is 0 Å². The molecule has 2 aromatic rings. The van der Waals surface area contributed by atoms with Crippen molar-refractivity contribution < 1.29 is 9.18 Å². The summed E-state index contributed by atoms with van der Waals surface area (Å²) in [6.45, 7) is 1.45. The van der Waals surface area contributed by atoms with Gasteiger partial charge in [0.2, 0.25) is 5.91 Å². The fourth-order valence-corrected chi connectivity index (χ4v) is 2.09. The molecule has 2 rings (SSSR count). The Morgan fingerprint density at radius 2 is 1.77 bits per heavy atom. The predicted octanol–water partition coefficient (Wildman–Crippen LogP) is 3.28. The Kier molecular flexibility index (Phi) is 6.37. The lowest BCUT2D eigenvalue weighted by Crippen LogP contribution is -2.27. The average molecular weight is 321 g/mol. The summed E-state index contributed by atoms with van der Waals surface area (Å²) in [7, 11) is 0. The Morgan fingerprint density at radius 1 is 1.05 bits per heavy atom. The maximum atomic E-state index is 13.4.